The van der Waals surface area contributed by atoms with Gasteiger partial charge in [-0.15, -0.1) is 0 Å². The Morgan fingerprint density at radius 1 is 0.920 bits per heavy atom. The van der Waals surface area contributed by atoms with Crippen molar-refractivity contribution < 1.29 is 17.9 Å². The molecule has 0 amide bonds. The van der Waals surface area contributed by atoms with E-state index in [1.54, 1.807) is 31.4 Å². The van der Waals surface area contributed by atoms with Crippen LogP contribution in [0.25, 0.3) is 0 Å². The molecule has 0 N–H and O–H groups in total. The van der Waals surface area contributed by atoms with Crippen LogP contribution in [-0.4, -0.2) is 39.0 Å². The Bertz CT molecular complexity index is 792. The monoisotopic (exact) mass is 361 g/mol. The third kappa shape index (κ3) is 4.14. The molecule has 1 aliphatic rings. The van der Waals surface area contributed by atoms with Gasteiger partial charge in [-0.1, -0.05) is 17.7 Å². The van der Waals surface area contributed by atoms with Crippen LogP contribution < -0.4 is 9.47 Å². The van der Waals surface area contributed by atoms with Gasteiger partial charge in [0.1, 0.15) is 17.6 Å². The number of hydrogen-bond acceptors (Lipinski definition) is 4. The fourth-order valence-electron chi connectivity index (χ4n) is 2.90. The van der Waals surface area contributed by atoms with E-state index in [4.69, 9.17) is 9.47 Å². The summed E-state index contributed by atoms with van der Waals surface area (Å²) in [4.78, 5) is 0.297. The summed E-state index contributed by atoms with van der Waals surface area (Å²) in [5, 5.41) is 0. The van der Waals surface area contributed by atoms with Gasteiger partial charge in [-0.25, -0.2) is 8.42 Å². The molecule has 134 valence electrons. The molecule has 6 heteroatoms. The maximum Gasteiger partial charge on any atom is 0.243 e. The lowest BCUT2D eigenvalue weighted by Crippen LogP contribution is -2.41. The van der Waals surface area contributed by atoms with Crippen molar-refractivity contribution in [2.24, 2.45) is 0 Å². The first-order chi connectivity index (χ1) is 12.0. The molecule has 1 saturated heterocycles. The van der Waals surface area contributed by atoms with Gasteiger partial charge in [0.15, 0.2) is 0 Å². The lowest BCUT2D eigenvalue weighted by Gasteiger charge is -2.31. The van der Waals surface area contributed by atoms with E-state index in [2.05, 4.69) is 0 Å². The molecule has 0 atom stereocenters. The molecule has 0 radical (unpaired) electrons. The zero-order valence-corrected chi connectivity index (χ0v) is 15.3. The first kappa shape index (κ1) is 17.8. The first-order valence-corrected chi connectivity index (χ1v) is 9.80. The fourth-order valence-corrected chi connectivity index (χ4v) is 4.37. The molecule has 0 aromatic heterocycles. The number of benzene rings is 2. The van der Waals surface area contributed by atoms with Crippen molar-refractivity contribution in [2.45, 2.75) is 30.8 Å². The fraction of sp³-hybridized carbons (Fsp3) is 0.368. The standard InChI is InChI=1S/C19H23NO4S/c1-15-3-5-17(6-4-15)24-18-11-13-20(14-12-18)25(21,22)19-9-7-16(23-2)8-10-19/h3-10,18H,11-14H2,1-2H3. The number of ether oxygens (including phenoxy) is 2. The van der Waals surface area contributed by atoms with Crippen LogP contribution in [0, 0.1) is 6.92 Å². The maximum atomic E-state index is 12.7. The van der Waals surface area contributed by atoms with E-state index < -0.39 is 10.0 Å². The summed E-state index contributed by atoms with van der Waals surface area (Å²) in [5.41, 5.74) is 1.19. The third-order valence-corrected chi connectivity index (χ3v) is 6.33. The zero-order chi connectivity index (χ0) is 17.9. The van der Waals surface area contributed by atoms with Gasteiger partial charge in [0, 0.05) is 13.1 Å². The Labute approximate surface area is 149 Å². The van der Waals surface area contributed by atoms with Gasteiger partial charge in [-0.3, -0.25) is 0 Å². The highest BCUT2D eigenvalue weighted by Crippen LogP contribution is 2.25. The number of piperidine rings is 1. The quantitative estimate of drug-likeness (QED) is 0.820. The summed E-state index contributed by atoms with van der Waals surface area (Å²) >= 11 is 0. The first-order valence-electron chi connectivity index (χ1n) is 8.36. The predicted molar refractivity (Wildman–Crippen MR) is 96.6 cm³/mol. The third-order valence-electron chi connectivity index (χ3n) is 4.42. The van der Waals surface area contributed by atoms with Gasteiger partial charge >= 0.3 is 0 Å². The average Bonchev–Trinajstić information content (AvgIpc) is 2.64. The molecular formula is C19H23NO4S. The summed E-state index contributed by atoms with van der Waals surface area (Å²) in [6.07, 6.45) is 1.41. The Balaban J connectivity index is 1.61. The Hall–Kier alpha value is -2.05. The number of aryl methyl sites for hydroxylation is 1. The van der Waals surface area contributed by atoms with E-state index in [1.807, 2.05) is 31.2 Å². The van der Waals surface area contributed by atoms with Crippen LogP contribution in [0.5, 0.6) is 11.5 Å². The Morgan fingerprint density at radius 2 is 1.48 bits per heavy atom. The van der Waals surface area contributed by atoms with E-state index >= 15 is 0 Å². The SMILES string of the molecule is COc1ccc(S(=O)(=O)N2CCC(Oc3ccc(C)cc3)CC2)cc1. The van der Waals surface area contributed by atoms with Gasteiger partial charge < -0.3 is 9.47 Å². The molecule has 2 aromatic carbocycles. The second-order valence-electron chi connectivity index (χ2n) is 6.21. The van der Waals surface area contributed by atoms with Crippen molar-refractivity contribution >= 4 is 10.0 Å². The number of sulfonamides is 1. The zero-order valence-electron chi connectivity index (χ0n) is 14.5. The van der Waals surface area contributed by atoms with Gasteiger partial charge in [0.05, 0.1) is 12.0 Å². The van der Waals surface area contributed by atoms with Gasteiger partial charge in [0.25, 0.3) is 0 Å². The highest BCUT2D eigenvalue weighted by Gasteiger charge is 2.30. The van der Waals surface area contributed by atoms with E-state index in [-0.39, 0.29) is 6.10 Å². The van der Waals surface area contributed by atoms with E-state index in [9.17, 15) is 8.42 Å². The van der Waals surface area contributed by atoms with Crippen LogP contribution in [0.4, 0.5) is 0 Å². The molecule has 3 rings (SSSR count). The molecule has 0 bridgehead atoms. The smallest absolute Gasteiger partial charge is 0.243 e. The average molecular weight is 361 g/mol. The Kier molecular flexibility index (Phi) is 5.30. The van der Waals surface area contributed by atoms with Crippen molar-refractivity contribution in [1.82, 2.24) is 4.31 Å². The lowest BCUT2D eigenvalue weighted by molar-refractivity contribution is 0.135. The van der Waals surface area contributed by atoms with Crippen molar-refractivity contribution in [2.75, 3.05) is 20.2 Å². The van der Waals surface area contributed by atoms with Crippen LogP contribution in [0.1, 0.15) is 18.4 Å². The topological polar surface area (TPSA) is 55.8 Å². The van der Waals surface area contributed by atoms with Gasteiger partial charge in [-0.05, 0) is 56.2 Å². The van der Waals surface area contributed by atoms with Crippen LogP contribution in [0.3, 0.4) is 0 Å². The number of nitrogens with zero attached hydrogens (tertiary/aromatic N) is 1. The molecular weight excluding hydrogens is 338 g/mol. The minimum atomic E-state index is -3.47. The summed E-state index contributed by atoms with van der Waals surface area (Å²) in [6.45, 7) is 2.96. The number of hydrogen-bond donors (Lipinski definition) is 0. The van der Waals surface area contributed by atoms with Crippen molar-refractivity contribution in [1.29, 1.82) is 0 Å². The second-order valence-corrected chi connectivity index (χ2v) is 8.15. The highest BCUT2D eigenvalue weighted by molar-refractivity contribution is 7.89. The van der Waals surface area contributed by atoms with Crippen molar-refractivity contribution in [3.8, 4) is 11.5 Å². The molecule has 0 aliphatic carbocycles. The minimum absolute atomic E-state index is 0.0463. The van der Waals surface area contributed by atoms with Crippen LogP contribution in [0.15, 0.2) is 53.4 Å². The highest BCUT2D eigenvalue weighted by atomic mass is 32.2. The number of rotatable bonds is 5. The molecule has 0 spiro atoms. The Morgan fingerprint density at radius 3 is 2.04 bits per heavy atom. The van der Waals surface area contributed by atoms with Gasteiger partial charge in [0.2, 0.25) is 10.0 Å². The van der Waals surface area contributed by atoms with Crippen LogP contribution >= 0.6 is 0 Å². The predicted octanol–water partition coefficient (Wildman–Crippen LogP) is 3.24. The van der Waals surface area contributed by atoms with Crippen LogP contribution in [-0.2, 0) is 10.0 Å². The summed E-state index contributed by atoms with van der Waals surface area (Å²) in [5.74, 6) is 1.48. The molecule has 1 aliphatic heterocycles. The summed E-state index contributed by atoms with van der Waals surface area (Å²) in [7, 11) is -1.91. The van der Waals surface area contributed by atoms with Gasteiger partial charge in [-0.2, -0.15) is 4.31 Å². The maximum absolute atomic E-state index is 12.7. The minimum Gasteiger partial charge on any atom is -0.497 e. The van der Waals surface area contributed by atoms with Crippen molar-refractivity contribution in [3.63, 3.8) is 0 Å². The molecule has 25 heavy (non-hydrogen) atoms. The van der Waals surface area contributed by atoms with Crippen molar-refractivity contribution in [3.05, 3.63) is 54.1 Å². The number of methoxy groups -OCH3 is 1. The molecule has 2 aromatic rings. The van der Waals surface area contributed by atoms with E-state index in [0.717, 1.165) is 5.75 Å². The van der Waals surface area contributed by atoms with E-state index in [0.29, 0.717) is 36.6 Å². The molecule has 0 unspecified atom stereocenters. The largest absolute Gasteiger partial charge is 0.497 e. The molecule has 5 nitrogen and oxygen atoms in total. The summed E-state index contributed by atoms with van der Waals surface area (Å²) in [6, 6.07) is 14.4. The van der Waals surface area contributed by atoms with E-state index in [1.165, 1.54) is 9.87 Å². The summed E-state index contributed by atoms with van der Waals surface area (Å²) < 4.78 is 38.0. The molecule has 1 fully saturated rings. The second kappa shape index (κ2) is 7.45. The lowest BCUT2D eigenvalue weighted by atomic mass is 10.1. The normalized spacial score (nSPS) is 16.6. The molecule has 1 heterocycles. The molecule has 0 saturated carbocycles. The van der Waals surface area contributed by atoms with Crippen LogP contribution in [0.2, 0.25) is 0 Å².